The van der Waals surface area contributed by atoms with Gasteiger partial charge in [-0.25, -0.2) is 0 Å². The quantitative estimate of drug-likeness (QED) is 0.554. The summed E-state index contributed by atoms with van der Waals surface area (Å²) in [5, 5.41) is 0. The zero-order valence-electron chi connectivity index (χ0n) is 13.9. The molecule has 130 valence electrons. The van der Waals surface area contributed by atoms with Crippen molar-refractivity contribution >= 4 is 18.0 Å². The molecule has 3 aliphatic rings. The van der Waals surface area contributed by atoms with Crippen molar-refractivity contribution in [1.82, 2.24) is 0 Å². The average Bonchev–Trinajstić information content (AvgIpc) is 2.57. The van der Waals surface area contributed by atoms with E-state index in [2.05, 4.69) is 0 Å². The van der Waals surface area contributed by atoms with Gasteiger partial charge in [-0.15, -0.1) is 0 Å². The fraction of sp³-hybridized carbons (Fsp3) is 0.778. The topological polar surface area (TPSA) is 54.4 Å². The van der Waals surface area contributed by atoms with Crippen LogP contribution in [0.5, 0.6) is 0 Å². The lowest BCUT2D eigenvalue weighted by Crippen LogP contribution is -2.41. The van der Waals surface area contributed by atoms with Crippen LogP contribution in [0.25, 0.3) is 0 Å². The van der Waals surface area contributed by atoms with E-state index in [1.54, 1.807) is 0 Å². The summed E-state index contributed by atoms with van der Waals surface area (Å²) in [5.74, 6) is 0. The third kappa shape index (κ3) is 3.60. The van der Waals surface area contributed by atoms with E-state index in [1.165, 1.54) is 38.5 Å². The van der Waals surface area contributed by atoms with Gasteiger partial charge in [0.25, 0.3) is 10.1 Å². The van der Waals surface area contributed by atoms with Crippen molar-refractivity contribution in [2.45, 2.75) is 86.4 Å². The predicted molar refractivity (Wildman–Crippen MR) is 97.8 cm³/mol. The largest absolute Gasteiger partial charge is 0.285 e. The highest BCUT2D eigenvalue weighted by molar-refractivity contribution is 7.96. The molecular formula is C18H29O3PS. The Bertz CT molecular complexity index is 539. The molecule has 2 saturated carbocycles. The van der Waals surface area contributed by atoms with Crippen molar-refractivity contribution < 1.29 is 13.0 Å². The van der Waals surface area contributed by atoms with Crippen LogP contribution < -0.4 is 0 Å². The molecule has 0 aromatic carbocycles. The van der Waals surface area contributed by atoms with E-state index < -0.39 is 22.5 Å². The Balaban J connectivity index is 2.00. The van der Waals surface area contributed by atoms with Crippen LogP contribution >= 0.6 is 7.92 Å². The molecule has 23 heavy (non-hydrogen) atoms. The zero-order chi connectivity index (χ0) is 16.3. The zero-order valence-corrected chi connectivity index (χ0v) is 15.6. The Labute approximate surface area is 142 Å². The van der Waals surface area contributed by atoms with Crippen LogP contribution in [-0.4, -0.2) is 28.8 Å². The lowest BCUT2D eigenvalue weighted by molar-refractivity contribution is 0.456. The van der Waals surface area contributed by atoms with Crippen LogP contribution in [0.1, 0.15) is 70.6 Å². The van der Waals surface area contributed by atoms with Gasteiger partial charge in [0, 0.05) is 0 Å². The number of hydrogen-bond donors (Lipinski definition) is 1. The monoisotopic (exact) mass is 356 g/mol. The molecular weight excluding hydrogens is 327 g/mol. The number of hydrogen-bond acceptors (Lipinski definition) is 2. The second-order valence-electron chi connectivity index (χ2n) is 7.30. The minimum atomic E-state index is -4.09. The van der Waals surface area contributed by atoms with E-state index in [-0.39, 0.29) is 0 Å². The molecule has 0 bridgehead atoms. The van der Waals surface area contributed by atoms with Gasteiger partial charge in [0.1, 0.15) is 4.49 Å². The van der Waals surface area contributed by atoms with Crippen LogP contribution in [-0.2, 0) is 10.1 Å². The molecule has 0 amide bonds. The molecule has 3 aliphatic carbocycles. The number of rotatable bonds is 4. The third-order valence-electron chi connectivity index (χ3n) is 5.83. The summed E-state index contributed by atoms with van der Waals surface area (Å²) >= 11 is 0. The predicted octanol–water partition coefficient (Wildman–Crippen LogP) is 5.23. The average molecular weight is 356 g/mol. The van der Waals surface area contributed by atoms with E-state index >= 15 is 0 Å². The van der Waals surface area contributed by atoms with Gasteiger partial charge in [-0.1, -0.05) is 70.8 Å². The molecule has 3 nitrogen and oxygen atoms in total. The highest BCUT2D eigenvalue weighted by Crippen LogP contribution is 2.67. The molecule has 1 N–H and O–H groups in total. The maximum atomic E-state index is 12.5. The Hall–Kier alpha value is -0.180. The Morgan fingerprint density at radius 3 is 1.78 bits per heavy atom. The molecule has 0 saturated heterocycles. The molecule has 5 heteroatoms. The Morgan fingerprint density at radius 1 is 0.870 bits per heavy atom. The van der Waals surface area contributed by atoms with Crippen molar-refractivity contribution in [2.75, 3.05) is 0 Å². The van der Waals surface area contributed by atoms with E-state index in [0.717, 1.165) is 25.7 Å². The van der Waals surface area contributed by atoms with Gasteiger partial charge >= 0.3 is 0 Å². The molecule has 0 aromatic rings. The Morgan fingerprint density at radius 2 is 1.39 bits per heavy atom. The van der Waals surface area contributed by atoms with Crippen molar-refractivity contribution in [1.29, 1.82) is 0 Å². The van der Waals surface area contributed by atoms with Gasteiger partial charge < -0.3 is 0 Å². The summed E-state index contributed by atoms with van der Waals surface area (Å²) in [5.41, 5.74) is 1.000. The van der Waals surface area contributed by atoms with Gasteiger partial charge in [-0.3, -0.25) is 4.55 Å². The standard InChI is InChI=1S/C18H29O3PS/c19-23(20,21)18(14-8-3-9-15-18)22(16-10-4-1-5-11-16)17-12-6-2-7-13-17/h3,8-9,14,16-17H,1-2,4-7,10-13,15H2,(H,19,20,21). The van der Waals surface area contributed by atoms with Gasteiger partial charge in [-0.05, 0) is 43.4 Å². The van der Waals surface area contributed by atoms with Crippen molar-refractivity contribution in [2.24, 2.45) is 0 Å². The summed E-state index contributed by atoms with van der Waals surface area (Å²) in [6.07, 6.45) is 20.0. The molecule has 1 atom stereocenters. The minimum Gasteiger partial charge on any atom is -0.285 e. The maximum absolute atomic E-state index is 12.5. The molecule has 0 spiro atoms. The normalized spacial score (nSPS) is 30.9. The van der Waals surface area contributed by atoms with Crippen LogP contribution in [0, 0.1) is 0 Å². The SMILES string of the molecule is O=S(=O)(O)C1(P(C2CCCCC2)C2CCCCC2)C=CC=CC1. The van der Waals surface area contributed by atoms with Gasteiger partial charge in [0.2, 0.25) is 0 Å². The van der Waals surface area contributed by atoms with Crippen molar-refractivity contribution in [3.05, 3.63) is 24.3 Å². The van der Waals surface area contributed by atoms with E-state index in [0.29, 0.717) is 17.7 Å². The van der Waals surface area contributed by atoms with E-state index in [4.69, 9.17) is 0 Å². The minimum absolute atomic E-state index is 0.459. The second-order valence-corrected chi connectivity index (χ2v) is 12.4. The summed E-state index contributed by atoms with van der Waals surface area (Å²) in [6.45, 7) is 0. The van der Waals surface area contributed by atoms with E-state index in [9.17, 15) is 13.0 Å². The van der Waals surface area contributed by atoms with Crippen LogP contribution in [0.15, 0.2) is 24.3 Å². The Kier molecular flexibility index (Phi) is 5.65. The first kappa shape index (κ1) is 17.6. The first-order valence-electron chi connectivity index (χ1n) is 9.14. The number of allylic oxidation sites excluding steroid dienone is 3. The third-order valence-corrected chi connectivity index (χ3v) is 12.2. The summed E-state index contributed by atoms with van der Waals surface area (Å²) < 4.78 is 34.2. The molecule has 0 heterocycles. The van der Waals surface area contributed by atoms with Crippen LogP contribution in [0.2, 0.25) is 0 Å². The van der Waals surface area contributed by atoms with Crippen LogP contribution in [0.3, 0.4) is 0 Å². The molecule has 0 aliphatic heterocycles. The molecule has 0 radical (unpaired) electrons. The maximum Gasteiger partial charge on any atom is 0.278 e. The summed E-state index contributed by atoms with van der Waals surface area (Å²) in [6, 6.07) is 0. The van der Waals surface area contributed by atoms with Crippen molar-refractivity contribution in [3.63, 3.8) is 0 Å². The lowest BCUT2D eigenvalue weighted by Gasteiger charge is -2.47. The highest BCUT2D eigenvalue weighted by Gasteiger charge is 2.52. The van der Waals surface area contributed by atoms with Crippen molar-refractivity contribution in [3.8, 4) is 0 Å². The van der Waals surface area contributed by atoms with Crippen LogP contribution in [0.4, 0.5) is 0 Å². The lowest BCUT2D eigenvalue weighted by atomic mass is 9.99. The molecule has 2 fully saturated rings. The van der Waals surface area contributed by atoms with Gasteiger partial charge in [-0.2, -0.15) is 8.42 Å². The smallest absolute Gasteiger partial charge is 0.278 e. The second kappa shape index (κ2) is 7.37. The highest BCUT2D eigenvalue weighted by atomic mass is 32.2. The van der Waals surface area contributed by atoms with Gasteiger partial charge in [0.05, 0.1) is 0 Å². The first-order valence-corrected chi connectivity index (χ1v) is 12.1. The van der Waals surface area contributed by atoms with E-state index in [1.807, 2.05) is 24.3 Å². The fourth-order valence-electron chi connectivity index (χ4n) is 4.74. The van der Waals surface area contributed by atoms with Gasteiger partial charge in [0.15, 0.2) is 0 Å². The first-order chi connectivity index (χ1) is 11.0. The molecule has 3 rings (SSSR count). The summed E-state index contributed by atoms with van der Waals surface area (Å²) in [4.78, 5) is 0. The molecule has 0 aromatic heterocycles. The molecule has 1 unspecified atom stereocenters. The fourth-order valence-corrected chi connectivity index (χ4v) is 11.5. The summed E-state index contributed by atoms with van der Waals surface area (Å²) in [7, 11) is -4.86.